The topological polar surface area (TPSA) is 52.6 Å². The highest BCUT2D eigenvalue weighted by Crippen LogP contribution is 2.35. The van der Waals surface area contributed by atoms with Crippen LogP contribution >= 0.6 is 0 Å². The third-order valence-corrected chi connectivity index (χ3v) is 3.01. The van der Waals surface area contributed by atoms with Crippen molar-refractivity contribution in [1.82, 2.24) is 0 Å². The number of carbonyl (C=O) groups excluding carboxylic acids is 2. The van der Waals surface area contributed by atoms with Crippen molar-refractivity contribution in [2.45, 2.75) is 37.9 Å². The molecule has 2 aliphatic rings. The highest BCUT2D eigenvalue weighted by molar-refractivity contribution is 5.81. The number of rotatable bonds is 2. The van der Waals surface area contributed by atoms with Gasteiger partial charge in [-0.25, -0.2) is 4.79 Å². The largest absolute Gasteiger partial charge is 0.458 e. The second-order valence-electron chi connectivity index (χ2n) is 4.09. The smallest absolute Gasteiger partial charge is 0.330 e. The van der Waals surface area contributed by atoms with Crippen LogP contribution in [-0.4, -0.2) is 24.1 Å². The lowest BCUT2D eigenvalue weighted by Gasteiger charge is -2.38. The molecule has 3 atom stereocenters. The van der Waals surface area contributed by atoms with Gasteiger partial charge in [0.05, 0.1) is 0 Å². The molecule has 1 aliphatic heterocycles. The van der Waals surface area contributed by atoms with Gasteiger partial charge in [-0.1, -0.05) is 6.58 Å². The van der Waals surface area contributed by atoms with E-state index in [1.165, 1.54) is 0 Å². The Morgan fingerprint density at radius 2 is 2.33 bits per heavy atom. The van der Waals surface area contributed by atoms with Crippen molar-refractivity contribution in [1.29, 1.82) is 0 Å². The van der Waals surface area contributed by atoms with E-state index in [9.17, 15) is 9.59 Å². The molecule has 0 aromatic carbocycles. The second-order valence-corrected chi connectivity index (χ2v) is 4.09. The molecule has 1 saturated heterocycles. The number of hydrogen-bond acceptors (Lipinski definition) is 4. The van der Waals surface area contributed by atoms with Gasteiger partial charge in [0.15, 0.2) is 0 Å². The number of ether oxygens (including phenoxy) is 2. The highest BCUT2D eigenvalue weighted by atomic mass is 16.6. The van der Waals surface area contributed by atoms with Gasteiger partial charge < -0.3 is 9.47 Å². The van der Waals surface area contributed by atoms with E-state index in [4.69, 9.17) is 9.47 Å². The molecule has 4 heteroatoms. The average molecular weight is 210 g/mol. The maximum Gasteiger partial charge on any atom is 0.330 e. The zero-order valence-corrected chi connectivity index (χ0v) is 8.48. The summed E-state index contributed by atoms with van der Waals surface area (Å²) in [7, 11) is 0. The van der Waals surface area contributed by atoms with Crippen molar-refractivity contribution < 1.29 is 19.1 Å². The molecule has 2 rings (SSSR count). The maximum atomic E-state index is 11.2. The first-order valence-corrected chi connectivity index (χ1v) is 5.21. The van der Waals surface area contributed by atoms with Crippen molar-refractivity contribution in [3.8, 4) is 0 Å². The molecule has 0 radical (unpaired) electrons. The Balaban J connectivity index is 1.99. The molecular formula is C11H14O4. The predicted molar refractivity (Wildman–Crippen MR) is 51.9 cm³/mol. The van der Waals surface area contributed by atoms with E-state index >= 15 is 0 Å². The Morgan fingerprint density at radius 1 is 1.53 bits per heavy atom. The lowest BCUT2D eigenvalue weighted by atomic mass is 9.81. The molecule has 0 aromatic heterocycles. The van der Waals surface area contributed by atoms with Gasteiger partial charge in [0.25, 0.3) is 0 Å². The van der Waals surface area contributed by atoms with Crippen LogP contribution in [0.5, 0.6) is 0 Å². The van der Waals surface area contributed by atoms with Crippen LogP contribution in [0.15, 0.2) is 12.7 Å². The van der Waals surface area contributed by atoms with Crippen molar-refractivity contribution in [3.05, 3.63) is 12.7 Å². The number of fused-ring (bicyclic) bond motifs is 2. The van der Waals surface area contributed by atoms with Crippen LogP contribution in [0.25, 0.3) is 0 Å². The summed E-state index contributed by atoms with van der Waals surface area (Å²) >= 11 is 0. The zero-order valence-electron chi connectivity index (χ0n) is 8.48. The van der Waals surface area contributed by atoms with Gasteiger partial charge in [-0.3, -0.25) is 4.79 Å². The molecule has 3 unspecified atom stereocenters. The Morgan fingerprint density at radius 3 is 3.07 bits per heavy atom. The SMILES string of the molecule is C=CC(=O)OC1CCC2CC(=O)OC1C2. The molecule has 1 saturated carbocycles. The van der Waals surface area contributed by atoms with Crippen molar-refractivity contribution in [2.75, 3.05) is 0 Å². The summed E-state index contributed by atoms with van der Waals surface area (Å²) in [4.78, 5) is 22.2. The van der Waals surface area contributed by atoms with Crippen molar-refractivity contribution >= 4 is 11.9 Å². The highest BCUT2D eigenvalue weighted by Gasteiger charge is 2.39. The van der Waals surface area contributed by atoms with Gasteiger partial charge in [0.1, 0.15) is 12.2 Å². The third kappa shape index (κ3) is 2.19. The summed E-state index contributed by atoms with van der Waals surface area (Å²) in [5.41, 5.74) is 0. The van der Waals surface area contributed by atoms with E-state index in [-0.39, 0.29) is 18.2 Å². The third-order valence-electron chi connectivity index (χ3n) is 3.01. The number of hydrogen-bond donors (Lipinski definition) is 0. The standard InChI is InChI=1S/C11H14O4/c1-2-10(12)14-8-4-3-7-5-9(8)15-11(13)6-7/h2,7-9H,1,3-6H2. The van der Waals surface area contributed by atoms with E-state index in [2.05, 4.69) is 6.58 Å². The lowest BCUT2D eigenvalue weighted by Crippen LogP contribution is -2.44. The van der Waals surface area contributed by atoms with Gasteiger partial charge in [0, 0.05) is 12.5 Å². The Kier molecular flexibility index (Phi) is 2.75. The first-order valence-electron chi connectivity index (χ1n) is 5.21. The fourth-order valence-electron chi connectivity index (χ4n) is 2.28. The summed E-state index contributed by atoms with van der Waals surface area (Å²) in [5.74, 6) is -0.203. The molecule has 1 heterocycles. The van der Waals surface area contributed by atoms with E-state index in [1.807, 2.05) is 0 Å². The summed E-state index contributed by atoms with van der Waals surface area (Å²) in [6, 6.07) is 0. The van der Waals surface area contributed by atoms with E-state index in [1.54, 1.807) is 0 Å². The average Bonchev–Trinajstić information content (AvgIpc) is 2.21. The van der Waals surface area contributed by atoms with Crippen LogP contribution in [0.2, 0.25) is 0 Å². The van der Waals surface area contributed by atoms with Crippen LogP contribution in [-0.2, 0) is 19.1 Å². The zero-order chi connectivity index (χ0) is 10.8. The fourth-order valence-corrected chi connectivity index (χ4v) is 2.28. The molecule has 0 aromatic rings. The maximum absolute atomic E-state index is 11.2. The minimum atomic E-state index is -0.444. The first-order chi connectivity index (χ1) is 7.19. The summed E-state index contributed by atoms with van der Waals surface area (Å²) in [6.07, 6.45) is 3.66. The normalized spacial score (nSPS) is 34.1. The number of esters is 2. The Bertz CT molecular complexity index is 297. The van der Waals surface area contributed by atoms with Crippen molar-refractivity contribution in [2.24, 2.45) is 5.92 Å². The van der Waals surface area contributed by atoms with Crippen LogP contribution in [0.4, 0.5) is 0 Å². The van der Waals surface area contributed by atoms with Gasteiger partial charge in [-0.15, -0.1) is 0 Å². The molecule has 15 heavy (non-hydrogen) atoms. The predicted octanol–water partition coefficient (Wildman–Crippen LogP) is 1.20. The Labute approximate surface area is 88.2 Å². The van der Waals surface area contributed by atoms with Gasteiger partial charge >= 0.3 is 11.9 Å². The molecular weight excluding hydrogens is 196 g/mol. The lowest BCUT2D eigenvalue weighted by molar-refractivity contribution is -0.180. The number of carbonyl (C=O) groups is 2. The summed E-state index contributed by atoms with van der Waals surface area (Å²) in [6.45, 7) is 3.34. The van der Waals surface area contributed by atoms with E-state index in [0.29, 0.717) is 12.3 Å². The fraction of sp³-hybridized carbons (Fsp3) is 0.636. The first kappa shape index (κ1) is 10.2. The minimum absolute atomic E-state index is 0.171. The minimum Gasteiger partial charge on any atom is -0.458 e. The molecule has 0 amide bonds. The van der Waals surface area contributed by atoms with Crippen molar-refractivity contribution in [3.63, 3.8) is 0 Å². The Hall–Kier alpha value is -1.32. The van der Waals surface area contributed by atoms with Gasteiger partial charge in [0.2, 0.25) is 0 Å². The molecule has 0 spiro atoms. The van der Waals surface area contributed by atoms with Crippen LogP contribution in [0, 0.1) is 5.92 Å². The molecule has 2 fully saturated rings. The molecule has 82 valence electrons. The van der Waals surface area contributed by atoms with Crippen LogP contribution < -0.4 is 0 Å². The molecule has 2 bridgehead atoms. The molecule has 1 aliphatic carbocycles. The quantitative estimate of drug-likeness (QED) is 0.507. The molecule has 4 nitrogen and oxygen atoms in total. The van der Waals surface area contributed by atoms with E-state index in [0.717, 1.165) is 25.3 Å². The summed E-state index contributed by atoms with van der Waals surface area (Å²) in [5, 5.41) is 0. The van der Waals surface area contributed by atoms with Gasteiger partial charge in [-0.2, -0.15) is 0 Å². The van der Waals surface area contributed by atoms with Crippen LogP contribution in [0.1, 0.15) is 25.7 Å². The van der Waals surface area contributed by atoms with E-state index < -0.39 is 5.97 Å². The second kappa shape index (κ2) is 4.04. The summed E-state index contributed by atoms with van der Waals surface area (Å²) < 4.78 is 10.3. The van der Waals surface area contributed by atoms with Gasteiger partial charge in [-0.05, 0) is 25.2 Å². The monoisotopic (exact) mass is 210 g/mol. The van der Waals surface area contributed by atoms with Crippen LogP contribution in [0.3, 0.4) is 0 Å². The molecule has 0 N–H and O–H groups in total.